The molecule has 6 nitrogen and oxygen atoms in total. The summed E-state index contributed by atoms with van der Waals surface area (Å²) in [6.45, 7) is 4.23. The molecule has 0 bridgehead atoms. The second-order valence-electron chi connectivity index (χ2n) is 6.21. The van der Waals surface area contributed by atoms with Crippen molar-refractivity contribution in [2.45, 2.75) is 20.4 Å². The Bertz CT molecular complexity index is 939. The summed E-state index contributed by atoms with van der Waals surface area (Å²) in [7, 11) is 1.62. The van der Waals surface area contributed by atoms with Crippen LogP contribution in [-0.4, -0.2) is 23.0 Å². The number of benzene rings is 2. The Morgan fingerprint density at radius 2 is 1.81 bits per heavy atom. The van der Waals surface area contributed by atoms with Crippen LogP contribution < -0.4 is 15.4 Å². The third-order valence-corrected chi connectivity index (χ3v) is 3.97. The van der Waals surface area contributed by atoms with Crippen LogP contribution in [0.1, 0.15) is 27.4 Å². The Kier molecular flexibility index (Phi) is 5.66. The van der Waals surface area contributed by atoms with Crippen LogP contribution in [0.5, 0.6) is 5.75 Å². The number of amides is 1. The van der Waals surface area contributed by atoms with E-state index in [0.717, 1.165) is 22.6 Å². The van der Waals surface area contributed by atoms with Crippen molar-refractivity contribution in [3.8, 4) is 5.75 Å². The minimum atomic E-state index is -0.236. The van der Waals surface area contributed by atoms with Gasteiger partial charge in [-0.3, -0.25) is 4.79 Å². The van der Waals surface area contributed by atoms with Crippen molar-refractivity contribution in [2.75, 3.05) is 12.4 Å². The molecule has 0 fully saturated rings. The fourth-order valence-corrected chi connectivity index (χ4v) is 2.67. The van der Waals surface area contributed by atoms with Crippen LogP contribution >= 0.6 is 0 Å². The molecule has 0 saturated carbocycles. The summed E-state index contributed by atoms with van der Waals surface area (Å²) in [5, 5.41) is 6.09. The molecule has 0 aliphatic carbocycles. The molecule has 0 saturated heterocycles. The van der Waals surface area contributed by atoms with Crippen molar-refractivity contribution >= 4 is 17.4 Å². The number of carbonyl (C=O) groups excluding carboxylic acids is 1. The Balaban J connectivity index is 1.70. The second kappa shape index (κ2) is 8.31. The van der Waals surface area contributed by atoms with E-state index < -0.39 is 0 Å². The summed E-state index contributed by atoms with van der Waals surface area (Å²) < 4.78 is 5.15. The number of carbonyl (C=O) groups is 1. The van der Waals surface area contributed by atoms with Crippen molar-refractivity contribution < 1.29 is 9.53 Å². The number of aryl methyl sites for hydroxylation is 2. The summed E-state index contributed by atoms with van der Waals surface area (Å²) in [4.78, 5) is 21.1. The SMILES string of the molecule is COc1ccc(Nc2cc(C(=O)NCc3cccc(C)c3)nc(C)n2)cc1. The van der Waals surface area contributed by atoms with Crippen LogP contribution in [0.25, 0.3) is 0 Å². The number of anilines is 2. The van der Waals surface area contributed by atoms with Gasteiger partial charge in [0.15, 0.2) is 0 Å². The average Bonchev–Trinajstić information content (AvgIpc) is 2.66. The molecule has 0 radical (unpaired) electrons. The van der Waals surface area contributed by atoms with Crippen molar-refractivity contribution in [1.29, 1.82) is 0 Å². The van der Waals surface area contributed by atoms with Crippen LogP contribution in [-0.2, 0) is 6.54 Å². The number of rotatable bonds is 6. The zero-order valence-electron chi connectivity index (χ0n) is 15.6. The molecule has 2 N–H and O–H groups in total. The maximum absolute atomic E-state index is 12.5. The molecule has 1 amide bonds. The highest BCUT2D eigenvalue weighted by Gasteiger charge is 2.11. The van der Waals surface area contributed by atoms with Crippen molar-refractivity contribution in [1.82, 2.24) is 15.3 Å². The van der Waals surface area contributed by atoms with Gasteiger partial charge >= 0.3 is 0 Å². The number of hydrogen-bond donors (Lipinski definition) is 2. The van der Waals surface area contributed by atoms with Gasteiger partial charge in [0.25, 0.3) is 5.91 Å². The molecule has 0 atom stereocenters. The summed E-state index contributed by atoms with van der Waals surface area (Å²) in [5.41, 5.74) is 3.38. The van der Waals surface area contributed by atoms with Crippen LogP contribution in [0.2, 0.25) is 0 Å². The van der Waals surface area contributed by atoms with E-state index in [1.165, 1.54) is 0 Å². The molecule has 0 spiro atoms. The minimum absolute atomic E-state index is 0.236. The van der Waals surface area contributed by atoms with Gasteiger partial charge in [0.2, 0.25) is 0 Å². The van der Waals surface area contributed by atoms with Gasteiger partial charge in [-0.05, 0) is 43.7 Å². The van der Waals surface area contributed by atoms with Gasteiger partial charge in [0.05, 0.1) is 7.11 Å². The van der Waals surface area contributed by atoms with E-state index in [1.807, 2.05) is 55.5 Å². The largest absolute Gasteiger partial charge is 0.497 e. The summed E-state index contributed by atoms with van der Waals surface area (Å²) in [6, 6.07) is 17.1. The fourth-order valence-electron chi connectivity index (χ4n) is 2.67. The molecule has 6 heteroatoms. The molecule has 1 heterocycles. The lowest BCUT2D eigenvalue weighted by molar-refractivity contribution is 0.0945. The highest BCUT2D eigenvalue weighted by Crippen LogP contribution is 2.19. The Morgan fingerprint density at radius 1 is 1.04 bits per heavy atom. The van der Waals surface area contributed by atoms with Gasteiger partial charge in [0, 0.05) is 18.3 Å². The molecule has 0 aliphatic heterocycles. The van der Waals surface area contributed by atoms with E-state index >= 15 is 0 Å². The van der Waals surface area contributed by atoms with Gasteiger partial charge in [-0.15, -0.1) is 0 Å². The number of aromatic nitrogens is 2. The topological polar surface area (TPSA) is 76.1 Å². The predicted octanol–water partition coefficient (Wildman–Crippen LogP) is 3.78. The molecule has 0 aliphatic rings. The summed E-state index contributed by atoms with van der Waals surface area (Å²) in [6.07, 6.45) is 0. The first-order chi connectivity index (χ1) is 13.0. The summed E-state index contributed by atoms with van der Waals surface area (Å²) >= 11 is 0. The lowest BCUT2D eigenvalue weighted by atomic mass is 10.1. The summed E-state index contributed by atoms with van der Waals surface area (Å²) in [5.74, 6) is 1.62. The molecular weight excluding hydrogens is 340 g/mol. The molecule has 138 valence electrons. The molecular formula is C21H22N4O2. The highest BCUT2D eigenvalue weighted by molar-refractivity contribution is 5.93. The molecule has 2 aromatic carbocycles. The molecule has 3 rings (SSSR count). The van der Waals surface area contributed by atoms with Gasteiger partial charge < -0.3 is 15.4 Å². The Hall–Kier alpha value is -3.41. The van der Waals surface area contributed by atoms with E-state index in [2.05, 4.69) is 20.6 Å². The van der Waals surface area contributed by atoms with Crippen LogP contribution in [0.3, 0.4) is 0 Å². The zero-order valence-corrected chi connectivity index (χ0v) is 15.6. The Morgan fingerprint density at radius 3 is 2.52 bits per heavy atom. The second-order valence-corrected chi connectivity index (χ2v) is 6.21. The van der Waals surface area contributed by atoms with E-state index in [1.54, 1.807) is 20.1 Å². The predicted molar refractivity (Wildman–Crippen MR) is 105 cm³/mol. The third kappa shape index (κ3) is 5.04. The number of nitrogens with zero attached hydrogens (tertiary/aromatic N) is 2. The standard InChI is InChI=1S/C21H22N4O2/c1-14-5-4-6-16(11-14)13-22-21(26)19-12-20(24-15(2)23-19)25-17-7-9-18(27-3)10-8-17/h4-12H,13H2,1-3H3,(H,22,26)(H,23,24,25). The smallest absolute Gasteiger partial charge is 0.270 e. The normalized spacial score (nSPS) is 10.3. The van der Waals surface area contributed by atoms with Gasteiger partial charge in [-0.1, -0.05) is 29.8 Å². The van der Waals surface area contributed by atoms with Crippen LogP contribution in [0, 0.1) is 13.8 Å². The first kappa shape index (κ1) is 18.4. The van der Waals surface area contributed by atoms with Crippen molar-refractivity contribution in [3.05, 3.63) is 77.2 Å². The Labute approximate surface area is 158 Å². The third-order valence-electron chi connectivity index (χ3n) is 3.97. The number of ether oxygens (including phenoxy) is 1. The van der Waals surface area contributed by atoms with Gasteiger partial charge in [0.1, 0.15) is 23.1 Å². The monoisotopic (exact) mass is 362 g/mol. The average molecular weight is 362 g/mol. The van der Waals surface area contributed by atoms with E-state index in [9.17, 15) is 4.79 Å². The van der Waals surface area contributed by atoms with Crippen LogP contribution in [0.15, 0.2) is 54.6 Å². The molecule has 0 unspecified atom stereocenters. The van der Waals surface area contributed by atoms with E-state index in [0.29, 0.717) is 23.9 Å². The minimum Gasteiger partial charge on any atom is -0.497 e. The molecule has 3 aromatic rings. The van der Waals surface area contributed by atoms with Crippen molar-refractivity contribution in [3.63, 3.8) is 0 Å². The fraction of sp³-hybridized carbons (Fsp3) is 0.190. The van der Waals surface area contributed by atoms with Gasteiger partial charge in [-0.25, -0.2) is 9.97 Å². The first-order valence-corrected chi connectivity index (χ1v) is 8.64. The zero-order chi connectivity index (χ0) is 19.2. The lowest BCUT2D eigenvalue weighted by Gasteiger charge is -2.10. The number of methoxy groups -OCH3 is 1. The van der Waals surface area contributed by atoms with Crippen molar-refractivity contribution in [2.24, 2.45) is 0 Å². The maximum Gasteiger partial charge on any atom is 0.270 e. The highest BCUT2D eigenvalue weighted by atomic mass is 16.5. The van der Waals surface area contributed by atoms with Gasteiger partial charge in [-0.2, -0.15) is 0 Å². The lowest BCUT2D eigenvalue weighted by Crippen LogP contribution is -2.24. The molecule has 1 aromatic heterocycles. The first-order valence-electron chi connectivity index (χ1n) is 8.64. The van der Waals surface area contributed by atoms with E-state index in [-0.39, 0.29) is 5.91 Å². The number of nitrogens with one attached hydrogen (secondary N) is 2. The quantitative estimate of drug-likeness (QED) is 0.698. The maximum atomic E-state index is 12.5. The molecule has 27 heavy (non-hydrogen) atoms. The number of hydrogen-bond acceptors (Lipinski definition) is 5. The van der Waals surface area contributed by atoms with Crippen LogP contribution in [0.4, 0.5) is 11.5 Å². The van der Waals surface area contributed by atoms with E-state index in [4.69, 9.17) is 4.74 Å².